The van der Waals surface area contributed by atoms with E-state index in [4.69, 9.17) is 0 Å². The quantitative estimate of drug-likeness (QED) is 0.840. The summed E-state index contributed by atoms with van der Waals surface area (Å²) in [7, 11) is 0. The van der Waals surface area contributed by atoms with Crippen LogP contribution in [0, 0.1) is 11.8 Å². The van der Waals surface area contributed by atoms with Crippen molar-refractivity contribution < 1.29 is 4.79 Å². The number of hydrogen-bond acceptors (Lipinski definition) is 2. The first-order chi connectivity index (χ1) is 9.34. The molecule has 4 rings (SSSR count). The van der Waals surface area contributed by atoms with Gasteiger partial charge in [0.25, 0.3) is 0 Å². The SMILES string of the molecule is O=C(N[C@@H]1CCNC1)C1C2CCc3ccccc3C21. The van der Waals surface area contributed by atoms with Crippen molar-refractivity contribution in [3.05, 3.63) is 35.4 Å². The van der Waals surface area contributed by atoms with E-state index >= 15 is 0 Å². The fourth-order valence-electron chi connectivity index (χ4n) is 4.00. The van der Waals surface area contributed by atoms with E-state index < -0.39 is 0 Å². The Balaban J connectivity index is 1.49. The molecular weight excluding hydrogens is 236 g/mol. The van der Waals surface area contributed by atoms with Crippen molar-refractivity contribution in [2.24, 2.45) is 11.8 Å². The predicted molar refractivity (Wildman–Crippen MR) is 73.9 cm³/mol. The predicted octanol–water partition coefficient (Wildman–Crippen LogP) is 1.44. The van der Waals surface area contributed by atoms with E-state index in [2.05, 4.69) is 34.9 Å². The molecule has 3 aliphatic rings. The second-order valence-corrected chi connectivity index (χ2v) is 6.15. The lowest BCUT2D eigenvalue weighted by molar-refractivity contribution is -0.123. The summed E-state index contributed by atoms with van der Waals surface area (Å²) >= 11 is 0. The van der Waals surface area contributed by atoms with Gasteiger partial charge in [-0.05, 0) is 48.8 Å². The maximum Gasteiger partial charge on any atom is 0.224 e. The Morgan fingerprint density at radius 1 is 1.26 bits per heavy atom. The van der Waals surface area contributed by atoms with Crippen molar-refractivity contribution in [2.75, 3.05) is 13.1 Å². The van der Waals surface area contributed by atoms with Gasteiger partial charge in [-0.3, -0.25) is 4.79 Å². The monoisotopic (exact) mass is 256 g/mol. The molecule has 1 amide bonds. The summed E-state index contributed by atoms with van der Waals surface area (Å²) in [5.41, 5.74) is 2.89. The first-order valence-electron chi connectivity index (χ1n) is 7.43. The smallest absolute Gasteiger partial charge is 0.224 e. The van der Waals surface area contributed by atoms with Gasteiger partial charge in [0.05, 0.1) is 0 Å². The van der Waals surface area contributed by atoms with Crippen LogP contribution < -0.4 is 10.6 Å². The van der Waals surface area contributed by atoms with Gasteiger partial charge in [-0.2, -0.15) is 0 Å². The Morgan fingerprint density at radius 3 is 3.00 bits per heavy atom. The molecule has 1 aliphatic heterocycles. The number of amides is 1. The second kappa shape index (κ2) is 4.34. The molecule has 19 heavy (non-hydrogen) atoms. The molecule has 3 nitrogen and oxygen atoms in total. The summed E-state index contributed by atoms with van der Waals surface area (Å²) in [6.07, 6.45) is 3.40. The molecule has 1 saturated carbocycles. The minimum absolute atomic E-state index is 0.240. The van der Waals surface area contributed by atoms with Gasteiger partial charge in [0.2, 0.25) is 5.91 Å². The van der Waals surface area contributed by atoms with Crippen LogP contribution in [0.3, 0.4) is 0 Å². The fourth-order valence-corrected chi connectivity index (χ4v) is 4.00. The lowest BCUT2D eigenvalue weighted by atomic mass is 9.92. The Labute approximate surface area is 113 Å². The van der Waals surface area contributed by atoms with Crippen LogP contribution in [0.4, 0.5) is 0 Å². The van der Waals surface area contributed by atoms with Gasteiger partial charge >= 0.3 is 0 Å². The van der Waals surface area contributed by atoms with E-state index in [1.54, 1.807) is 0 Å². The molecule has 3 unspecified atom stereocenters. The largest absolute Gasteiger partial charge is 0.352 e. The molecule has 0 radical (unpaired) electrons. The average Bonchev–Trinajstić information content (AvgIpc) is 2.98. The van der Waals surface area contributed by atoms with E-state index in [9.17, 15) is 4.79 Å². The van der Waals surface area contributed by atoms with Gasteiger partial charge in [-0.1, -0.05) is 24.3 Å². The Hall–Kier alpha value is -1.35. The average molecular weight is 256 g/mol. The van der Waals surface area contributed by atoms with E-state index in [-0.39, 0.29) is 5.92 Å². The van der Waals surface area contributed by atoms with E-state index in [1.807, 2.05) is 0 Å². The highest BCUT2D eigenvalue weighted by Gasteiger charge is 2.57. The van der Waals surface area contributed by atoms with Gasteiger partial charge in [0, 0.05) is 18.5 Å². The normalized spacial score (nSPS) is 35.4. The van der Waals surface area contributed by atoms with Crippen LogP contribution in [-0.2, 0) is 11.2 Å². The third kappa shape index (κ3) is 1.88. The zero-order valence-electron chi connectivity index (χ0n) is 11.1. The van der Waals surface area contributed by atoms with Crippen LogP contribution in [0.5, 0.6) is 0 Å². The second-order valence-electron chi connectivity index (χ2n) is 6.15. The zero-order chi connectivity index (χ0) is 12.8. The molecule has 1 aromatic rings. The lowest BCUT2D eigenvalue weighted by Gasteiger charge is -2.13. The van der Waals surface area contributed by atoms with Crippen LogP contribution in [0.25, 0.3) is 0 Å². The van der Waals surface area contributed by atoms with Crippen LogP contribution in [0.15, 0.2) is 24.3 Å². The maximum atomic E-state index is 12.4. The topological polar surface area (TPSA) is 41.1 Å². The number of benzene rings is 1. The van der Waals surface area contributed by atoms with Gasteiger partial charge in [0.15, 0.2) is 0 Å². The Bertz CT molecular complexity index is 507. The highest BCUT2D eigenvalue weighted by molar-refractivity contribution is 5.84. The van der Waals surface area contributed by atoms with Crippen molar-refractivity contribution >= 4 is 5.91 Å². The molecule has 4 atom stereocenters. The minimum Gasteiger partial charge on any atom is -0.352 e. The number of aryl methyl sites for hydroxylation is 1. The summed E-state index contributed by atoms with van der Waals surface area (Å²) in [4.78, 5) is 12.4. The summed E-state index contributed by atoms with van der Waals surface area (Å²) in [5, 5.41) is 6.53. The fraction of sp³-hybridized carbons (Fsp3) is 0.562. The van der Waals surface area contributed by atoms with E-state index in [1.165, 1.54) is 17.5 Å². The maximum absolute atomic E-state index is 12.4. The highest BCUT2D eigenvalue weighted by Crippen LogP contribution is 2.59. The summed E-state index contributed by atoms with van der Waals surface area (Å²) in [5.74, 6) is 1.63. The summed E-state index contributed by atoms with van der Waals surface area (Å²) in [6.45, 7) is 1.97. The van der Waals surface area contributed by atoms with Crippen molar-refractivity contribution in [2.45, 2.75) is 31.2 Å². The summed E-state index contributed by atoms with van der Waals surface area (Å²) in [6, 6.07) is 9.01. The first-order valence-corrected chi connectivity index (χ1v) is 7.43. The zero-order valence-corrected chi connectivity index (χ0v) is 11.1. The molecule has 100 valence electrons. The van der Waals surface area contributed by atoms with Gasteiger partial charge in [-0.25, -0.2) is 0 Å². The third-order valence-electron chi connectivity index (χ3n) is 5.04. The molecule has 0 aromatic heterocycles. The molecule has 1 heterocycles. The van der Waals surface area contributed by atoms with Crippen LogP contribution >= 0.6 is 0 Å². The molecular formula is C16H20N2O. The van der Waals surface area contributed by atoms with Gasteiger partial charge in [-0.15, -0.1) is 0 Å². The van der Waals surface area contributed by atoms with Crippen molar-refractivity contribution in [3.63, 3.8) is 0 Å². The van der Waals surface area contributed by atoms with Crippen molar-refractivity contribution in [3.8, 4) is 0 Å². The third-order valence-corrected chi connectivity index (χ3v) is 5.04. The lowest BCUT2D eigenvalue weighted by Crippen LogP contribution is -2.37. The first kappa shape index (κ1) is 11.5. The van der Waals surface area contributed by atoms with Gasteiger partial charge < -0.3 is 10.6 Å². The minimum atomic E-state index is 0.240. The molecule has 2 N–H and O–H groups in total. The number of nitrogens with one attached hydrogen (secondary N) is 2. The molecule has 2 aliphatic carbocycles. The molecule has 1 aromatic carbocycles. The number of hydrogen-bond donors (Lipinski definition) is 2. The number of carbonyl (C=O) groups is 1. The van der Waals surface area contributed by atoms with Gasteiger partial charge in [0.1, 0.15) is 0 Å². The van der Waals surface area contributed by atoms with Crippen molar-refractivity contribution in [1.82, 2.24) is 10.6 Å². The van der Waals surface area contributed by atoms with E-state index in [0.717, 1.165) is 25.9 Å². The van der Waals surface area contributed by atoms with Crippen molar-refractivity contribution in [1.29, 1.82) is 0 Å². The van der Waals surface area contributed by atoms with Crippen LogP contribution in [0.2, 0.25) is 0 Å². The molecule has 0 bridgehead atoms. The molecule has 2 fully saturated rings. The molecule has 1 saturated heterocycles. The Morgan fingerprint density at radius 2 is 2.16 bits per heavy atom. The highest BCUT2D eigenvalue weighted by atomic mass is 16.2. The molecule has 0 spiro atoms. The van der Waals surface area contributed by atoms with Crippen LogP contribution in [0.1, 0.15) is 29.9 Å². The van der Waals surface area contributed by atoms with E-state index in [0.29, 0.717) is 23.8 Å². The number of fused-ring (bicyclic) bond motifs is 3. The standard InChI is InChI=1S/C16H20N2O/c19-16(18-11-7-8-17-9-11)15-13-6-5-10-3-1-2-4-12(10)14(13)15/h1-4,11,13-15,17H,5-9H2,(H,18,19)/t11-,13?,14?,15?/m1/s1. The number of rotatable bonds is 2. The Kier molecular flexibility index (Phi) is 2.62. The summed E-state index contributed by atoms with van der Waals surface area (Å²) < 4.78 is 0. The van der Waals surface area contributed by atoms with Crippen LogP contribution in [-0.4, -0.2) is 25.0 Å². The number of carbonyl (C=O) groups excluding carboxylic acids is 1. The molecule has 3 heteroatoms.